The molecule has 0 spiro atoms. The van der Waals surface area contributed by atoms with Gasteiger partial charge in [0, 0.05) is 40.3 Å². The van der Waals surface area contributed by atoms with E-state index in [0.29, 0.717) is 11.9 Å². The highest BCUT2D eigenvalue weighted by Gasteiger charge is 2.16. The standard InChI is InChI=1S/C15H21N7O4/c1-9(12(23)24-6)25-10-7-8-11(20-19-10)26-15-17-13(21(2)3)16-14(18-15)22(4)5/h7-9H,1-6H3/t9-/m1/s1. The molecule has 0 aliphatic heterocycles. The van der Waals surface area contributed by atoms with Gasteiger partial charge in [0.05, 0.1) is 7.11 Å². The Morgan fingerprint density at radius 2 is 1.50 bits per heavy atom. The number of carbonyl (C=O) groups is 1. The summed E-state index contributed by atoms with van der Waals surface area (Å²) in [5.74, 6) is 0.708. The number of anilines is 2. The SMILES string of the molecule is COC(=O)[C@@H](C)Oc1ccc(Oc2nc(N(C)C)nc(N(C)C)n2)nn1. The van der Waals surface area contributed by atoms with Crippen LogP contribution in [0.15, 0.2) is 12.1 Å². The topological polar surface area (TPSA) is 116 Å². The van der Waals surface area contributed by atoms with Crippen molar-refractivity contribution in [3.63, 3.8) is 0 Å². The summed E-state index contributed by atoms with van der Waals surface area (Å²) in [7, 11) is 8.53. The highest BCUT2D eigenvalue weighted by atomic mass is 16.6. The summed E-state index contributed by atoms with van der Waals surface area (Å²) in [6, 6.07) is 3.13. The summed E-state index contributed by atoms with van der Waals surface area (Å²) in [6.07, 6.45) is -0.796. The Hall–Kier alpha value is -3.24. The molecule has 0 radical (unpaired) electrons. The molecule has 0 aromatic carbocycles. The van der Waals surface area contributed by atoms with E-state index >= 15 is 0 Å². The molecule has 2 heterocycles. The van der Waals surface area contributed by atoms with Crippen LogP contribution in [0.3, 0.4) is 0 Å². The van der Waals surface area contributed by atoms with Crippen LogP contribution in [-0.4, -0.2) is 72.5 Å². The number of nitrogens with zero attached hydrogens (tertiary/aromatic N) is 7. The summed E-state index contributed by atoms with van der Waals surface area (Å²) in [5.41, 5.74) is 0. The zero-order chi connectivity index (χ0) is 19.3. The monoisotopic (exact) mass is 363 g/mol. The summed E-state index contributed by atoms with van der Waals surface area (Å²) < 4.78 is 15.4. The first kappa shape index (κ1) is 19.1. The third kappa shape index (κ3) is 4.88. The van der Waals surface area contributed by atoms with Gasteiger partial charge in [0.25, 0.3) is 0 Å². The van der Waals surface area contributed by atoms with E-state index in [0.717, 1.165) is 0 Å². The second-order valence-electron chi connectivity index (χ2n) is 5.60. The zero-order valence-electron chi connectivity index (χ0n) is 15.5. The number of methoxy groups -OCH3 is 1. The molecule has 0 saturated carbocycles. The third-order valence-corrected chi connectivity index (χ3v) is 3.03. The normalized spacial score (nSPS) is 11.5. The first-order valence-corrected chi connectivity index (χ1v) is 7.67. The Balaban J connectivity index is 2.14. The van der Waals surface area contributed by atoms with E-state index < -0.39 is 12.1 Å². The number of hydrogen-bond donors (Lipinski definition) is 0. The lowest BCUT2D eigenvalue weighted by Gasteiger charge is -2.15. The predicted octanol–water partition coefficient (Wildman–Crippen LogP) is 0.526. The molecule has 0 bridgehead atoms. The van der Waals surface area contributed by atoms with Gasteiger partial charge >= 0.3 is 12.0 Å². The van der Waals surface area contributed by atoms with E-state index in [1.54, 1.807) is 16.7 Å². The van der Waals surface area contributed by atoms with Gasteiger partial charge in [-0.2, -0.15) is 15.0 Å². The quantitative estimate of drug-likeness (QED) is 0.641. The lowest BCUT2D eigenvalue weighted by molar-refractivity contribution is -0.148. The van der Waals surface area contributed by atoms with Gasteiger partial charge in [-0.15, -0.1) is 10.2 Å². The number of esters is 1. The Kier molecular flexibility index (Phi) is 6.04. The molecule has 140 valence electrons. The molecule has 0 unspecified atom stereocenters. The van der Waals surface area contributed by atoms with Gasteiger partial charge in [0.2, 0.25) is 23.7 Å². The van der Waals surface area contributed by atoms with E-state index in [4.69, 9.17) is 9.47 Å². The van der Waals surface area contributed by atoms with Crippen molar-refractivity contribution in [3.05, 3.63) is 12.1 Å². The first-order chi connectivity index (χ1) is 12.3. The lowest BCUT2D eigenvalue weighted by atomic mass is 10.4. The molecule has 2 aromatic heterocycles. The average Bonchev–Trinajstić information content (AvgIpc) is 2.62. The molecular formula is C15H21N7O4. The summed E-state index contributed by atoms with van der Waals surface area (Å²) in [5, 5.41) is 7.73. The van der Waals surface area contributed by atoms with Crippen molar-refractivity contribution >= 4 is 17.9 Å². The largest absolute Gasteiger partial charge is 0.466 e. The second-order valence-corrected chi connectivity index (χ2v) is 5.60. The molecule has 1 atom stereocenters. The molecule has 2 rings (SSSR count). The minimum absolute atomic E-state index is 0.0818. The third-order valence-electron chi connectivity index (χ3n) is 3.03. The molecule has 2 aromatic rings. The van der Waals surface area contributed by atoms with Crippen molar-refractivity contribution in [2.24, 2.45) is 0 Å². The molecule has 11 heteroatoms. The van der Waals surface area contributed by atoms with Crippen LogP contribution in [0.1, 0.15) is 6.92 Å². The molecule has 26 heavy (non-hydrogen) atoms. The molecule has 0 N–H and O–H groups in total. The Morgan fingerprint density at radius 1 is 0.962 bits per heavy atom. The average molecular weight is 363 g/mol. The number of rotatable bonds is 7. The highest BCUT2D eigenvalue weighted by molar-refractivity contribution is 5.74. The van der Waals surface area contributed by atoms with Crippen LogP contribution in [0.2, 0.25) is 0 Å². The number of ether oxygens (including phenoxy) is 3. The maximum Gasteiger partial charge on any atom is 0.346 e. The second kappa shape index (κ2) is 8.23. The van der Waals surface area contributed by atoms with Gasteiger partial charge in [0.15, 0.2) is 6.10 Å². The predicted molar refractivity (Wildman–Crippen MR) is 92.7 cm³/mol. The van der Waals surface area contributed by atoms with E-state index in [1.165, 1.54) is 19.2 Å². The summed E-state index contributed by atoms with van der Waals surface area (Å²) in [6.45, 7) is 1.55. The zero-order valence-corrected chi connectivity index (χ0v) is 15.5. The smallest absolute Gasteiger partial charge is 0.346 e. The van der Waals surface area contributed by atoms with E-state index in [9.17, 15) is 4.79 Å². The molecule has 0 saturated heterocycles. The van der Waals surface area contributed by atoms with Gasteiger partial charge in [-0.25, -0.2) is 4.79 Å². The van der Waals surface area contributed by atoms with Gasteiger partial charge in [-0.3, -0.25) is 0 Å². The van der Waals surface area contributed by atoms with Crippen LogP contribution in [-0.2, 0) is 9.53 Å². The van der Waals surface area contributed by atoms with Gasteiger partial charge in [-0.1, -0.05) is 0 Å². The fourth-order valence-corrected chi connectivity index (χ4v) is 1.69. The first-order valence-electron chi connectivity index (χ1n) is 7.67. The van der Waals surface area contributed by atoms with Gasteiger partial charge < -0.3 is 24.0 Å². The van der Waals surface area contributed by atoms with Crippen molar-refractivity contribution in [1.29, 1.82) is 0 Å². The molecule has 11 nitrogen and oxygen atoms in total. The molecule has 0 amide bonds. The summed E-state index contributed by atoms with van der Waals surface area (Å²) >= 11 is 0. The molecule has 0 fully saturated rings. The highest BCUT2D eigenvalue weighted by Crippen LogP contribution is 2.20. The number of aromatic nitrogens is 5. The maximum atomic E-state index is 11.3. The number of hydrogen-bond acceptors (Lipinski definition) is 11. The molecular weight excluding hydrogens is 342 g/mol. The van der Waals surface area contributed by atoms with E-state index in [-0.39, 0.29) is 17.8 Å². The van der Waals surface area contributed by atoms with Crippen LogP contribution in [0, 0.1) is 0 Å². The van der Waals surface area contributed by atoms with Crippen LogP contribution in [0.4, 0.5) is 11.9 Å². The molecule has 0 aliphatic rings. The van der Waals surface area contributed by atoms with Crippen molar-refractivity contribution in [2.75, 3.05) is 45.1 Å². The van der Waals surface area contributed by atoms with Crippen LogP contribution < -0.4 is 19.3 Å². The minimum Gasteiger partial charge on any atom is -0.466 e. The van der Waals surface area contributed by atoms with Crippen LogP contribution >= 0.6 is 0 Å². The Bertz CT molecular complexity index is 726. The fourth-order valence-electron chi connectivity index (χ4n) is 1.69. The Labute approximate surface area is 150 Å². The fraction of sp³-hybridized carbons (Fsp3) is 0.467. The Morgan fingerprint density at radius 3 is 1.96 bits per heavy atom. The van der Waals surface area contributed by atoms with Crippen molar-refractivity contribution in [3.8, 4) is 17.8 Å². The van der Waals surface area contributed by atoms with Crippen LogP contribution in [0.25, 0.3) is 0 Å². The van der Waals surface area contributed by atoms with Gasteiger partial charge in [-0.05, 0) is 6.92 Å². The number of carbonyl (C=O) groups excluding carboxylic acids is 1. The van der Waals surface area contributed by atoms with Gasteiger partial charge in [0.1, 0.15) is 0 Å². The molecule has 0 aliphatic carbocycles. The summed E-state index contributed by atoms with van der Waals surface area (Å²) in [4.78, 5) is 27.5. The van der Waals surface area contributed by atoms with E-state index in [1.807, 2.05) is 28.2 Å². The van der Waals surface area contributed by atoms with Crippen molar-refractivity contribution in [2.45, 2.75) is 13.0 Å². The van der Waals surface area contributed by atoms with E-state index in [2.05, 4.69) is 29.9 Å². The maximum absolute atomic E-state index is 11.3. The lowest BCUT2D eigenvalue weighted by Crippen LogP contribution is -2.25. The van der Waals surface area contributed by atoms with Crippen molar-refractivity contribution in [1.82, 2.24) is 25.1 Å². The minimum atomic E-state index is -0.796. The van der Waals surface area contributed by atoms with Crippen molar-refractivity contribution < 1.29 is 19.0 Å². The van der Waals surface area contributed by atoms with Crippen LogP contribution in [0.5, 0.6) is 17.8 Å².